The highest BCUT2D eigenvalue weighted by molar-refractivity contribution is 5.97. The molecule has 1 unspecified atom stereocenters. The summed E-state index contributed by atoms with van der Waals surface area (Å²) in [6.07, 6.45) is -5.92. The van der Waals surface area contributed by atoms with Gasteiger partial charge in [-0.2, -0.15) is 13.2 Å². The summed E-state index contributed by atoms with van der Waals surface area (Å²) in [7, 11) is 0. The molecule has 0 bridgehead atoms. The first-order valence-corrected chi connectivity index (χ1v) is 8.90. The molecule has 1 heterocycles. The average molecular weight is 439 g/mol. The maximum Gasteiger partial charge on any atom is 0.419 e. The van der Waals surface area contributed by atoms with Crippen LogP contribution >= 0.6 is 0 Å². The van der Waals surface area contributed by atoms with Gasteiger partial charge in [0.05, 0.1) is 12.1 Å². The highest BCUT2D eigenvalue weighted by atomic mass is 19.4. The van der Waals surface area contributed by atoms with Crippen molar-refractivity contribution in [3.05, 3.63) is 59.7 Å². The average Bonchev–Trinajstić information content (AvgIpc) is 3.06. The Labute approximate surface area is 175 Å². The molecule has 2 aromatic rings. The molecule has 0 radical (unpaired) electrons. The van der Waals surface area contributed by atoms with Gasteiger partial charge in [0, 0.05) is 18.2 Å². The first kappa shape index (κ1) is 23.5. The van der Waals surface area contributed by atoms with Crippen LogP contribution in [0.2, 0.25) is 0 Å². The third kappa shape index (κ3) is 6.63. The van der Waals surface area contributed by atoms with Gasteiger partial charge in [0.1, 0.15) is 18.2 Å². The van der Waals surface area contributed by atoms with Crippen LogP contribution in [-0.4, -0.2) is 42.3 Å². The standard InChI is InChI=1S/C18H16F3N3O3.C2H4O2/c19-18(20,21)14-6-1-2-7-15(14)26-10-13-9-24(17(25)27-13)12-5-3-4-11(8-12)16(22)23;1-2(3)4/h1-8,13H,9-10H2,(H3,22,23);1H3,(H,3,4). The SMILES string of the molecule is CC(=O)O.N=C(N)c1cccc(N2CC(COc3ccccc3C(F)(F)F)OC2=O)c1. The molecule has 1 atom stereocenters. The number of carbonyl (C=O) groups is 2. The molecule has 1 fully saturated rings. The molecule has 4 N–H and O–H groups in total. The largest absolute Gasteiger partial charge is 0.489 e. The normalized spacial score (nSPS) is 15.5. The Morgan fingerprint density at radius 2 is 1.94 bits per heavy atom. The number of rotatable bonds is 5. The number of hydrogen-bond acceptors (Lipinski definition) is 5. The molecule has 0 saturated carbocycles. The van der Waals surface area contributed by atoms with Crippen molar-refractivity contribution < 1.29 is 37.3 Å². The van der Waals surface area contributed by atoms with Crippen LogP contribution in [0, 0.1) is 5.41 Å². The number of amides is 1. The summed E-state index contributed by atoms with van der Waals surface area (Å²) in [5, 5.41) is 14.9. The number of carboxylic acids is 1. The van der Waals surface area contributed by atoms with Gasteiger partial charge in [-0.1, -0.05) is 24.3 Å². The lowest BCUT2D eigenvalue weighted by Crippen LogP contribution is -2.27. The minimum atomic E-state index is -4.54. The minimum Gasteiger partial charge on any atom is -0.489 e. The van der Waals surface area contributed by atoms with Gasteiger partial charge < -0.3 is 20.3 Å². The molecule has 0 aromatic heterocycles. The van der Waals surface area contributed by atoms with Gasteiger partial charge >= 0.3 is 12.3 Å². The summed E-state index contributed by atoms with van der Waals surface area (Å²) in [6.45, 7) is 0.968. The van der Waals surface area contributed by atoms with Crippen molar-refractivity contribution in [1.29, 1.82) is 5.41 Å². The van der Waals surface area contributed by atoms with Gasteiger partial charge in [-0.25, -0.2) is 4.79 Å². The second-order valence-electron chi connectivity index (χ2n) is 6.40. The second-order valence-corrected chi connectivity index (χ2v) is 6.40. The van der Waals surface area contributed by atoms with E-state index in [9.17, 15) is 18.0 Å². The third-order valence-electron chi connectivity index (χ3n) is 3.96. The molecule has 11 heteroatoms. The van der Waals surface area contributed by atoms with Crippen LogP contribution in [0.1, 0.15) is 18.1 Å². The van der Waals surface area contributed by atoms with Gasteiger partial charge in [-0.15, -0.1) is 0 Å². The third-order valence-corrected chi connectivity index (χ3v) is 3.96. The highest BCUT2D eigenvalue weighted by Gasteiger charge is 2.36. The molecular formula is C20H20F3N3O5. The van der Waals surface area contributed by atoms with Gasteiger partial charge in [-0.05, 0) is 24.3 Å². The first-order valence-electron chi connectivity index (χ1n) is 8.90. The van der Waals surface area contributed by atoms with E-state index in [-0.39, 0.29) is 24.7 Å². The van der Waals surface area contributed by atoms with E-state index in [1.165, 1.54) is 23.1 Å². The summed E-state index contributed by atoms with van der Waals surface area (Å²) >= 11 is 0. The Hall–Kier alpha value is -3.76. The van der Waals surface area contributed by atoms with Crippen LogP contribution in [0.25, 0.3) is 0 Å². The number of ether oxygens (including phenoxy) is 2. The number of cyclic esters (lactones) is 1. The molecule has 1 saturated heterocycles. The van der Waals surface area contributed by atoms with E-state index >= 15 is 0 Å². The summed E-state index contributed by atoms with van der Waals surface area (Å²) in [5.74, 6) is -1.30. The van der Waals surface area contributed by atoms with Gasteiger partial charge in [0.15, 0.2) is 6.10 Å². The molecule has 2 aromatic carbocycles. The fourth-order valence-electron chi connectivity index (χ4n) is 2.67. The Morgan fingerprint density at radius 3 is 2.55 bits per heavy atom. The molecule has 0 spiro atoms. The zero-order chi connectivity index (χ0) is 23.2. The fourth-order valence-corrected chi connectivity index (χ4v) is 2.67. The van der Waals surface area contributed by atoms with E-state index in [0.717, 1.165) is 13.0 Å². The van der Waals surface area contributed by atoms with Crippen LogP contribution in [0.3, 0.4) is 0 Å². The number of aliphatic carboxylic acids is 1. The monoisotopic (exact) mass is 439 g/mol. The number of nitrogens with two attached hydrogens (primary N) is 1. The van der Waals surface area contributed by atoms with Crippen molar-refractivity contribution in [2.24, 2.45) is 5.73 Å². The minimum absolute atomic E-state index is 0.106. The lowest BCUT2D eigenvalue weighted by Gasteiger charge is -2.16. The van der Waals surface area contributed by atoms with Crippen molar-refractivity contribution in [3.63, 3.8) is 0 Å². The van der Waals surface area contributed by atoms with Crippen molar-refractivity contribution in [1.82, 2.24) is 0 Å². The fraction of sp³-hybridized carbons (Fsp3) is 0.250. The van der Waals surface area contributed by atoms with Crippen LogP contribution in [0.4, 0.5) is 23.7 Å². The molecular weight excluding hydrogens is 419 g/mol. The zero-order valence-corrected chi connectivity index (χ0v) is 16.3. The molecule has 0 aliphatic carbocycles. The number of anilines is 1. The number of hydrogen-bond donors (Lipinski definition) is 3. The van der Waals surface area contributed by atoms with Crippen LogP contribution in [-0.2, 0) is 15.7 Å². The lowest BCUT2D eigenvalue weighted by molar-refractivity contribution is -0.139. The molecule has 1 aliphatic rings. The van der Waals surface area contributed by atoms with E-state index in [1.54, 1.807) is 24.3 Å². The Kier molecular flexibility index (Phi) is 7.46. The smallest absolute Gasteiger partial charge is 0.419 e. The second kappa shape index (κ2) is 9.83. The number of benzene rings is 2. The van der Waals surface area contributed by atoms with E-state index in [2.05, 4.69) is 0 Å². The maximum atomic E-state index is 13.0. The summed E-state index contributed by atoms with van der Waals surface area (Å²) < 4.78 is 49.4. The topological polar surface area (TPSA) is 126 Å². The van der Waals surface area contributed by atoms with Gasteiger partial charge in [-0.3, -0.25) is 15.1 Å². The van der Waals surface area contributed by atoms with E-state index < -0.39 is 29.9 Å². The van der Waals surface area contributed by atoms with E-state index in [1.807, 2.05) is 0 Å². The number of nitrogens with zero attached hydrogens (tertiary/aromatic N) is 1. The van der Waals surface area contributed by atoms with Crippen LogP contribution in [0.15, 0.2) is 48.5 Å². The number of carboxylic acid groups (broad SMARTS) is 1. The van der Waals surface area contributed by atoms with Crippen molar-refractivity contribution in [3.8, 4) is 5.75 Å². The van der Waals surface area contributed by atoms with Crippen molar-refractivity contribution >= 4 is 23.6 Å². The molecule has 1 amide bonds. The van der Waals surface area contributed by atoms with E-state index in [4.69, 9.17) is 30.5 Å². The molecule has 3 rings (SSSR count). The molecule has 31 heavy (non-hydrogen) atoms. The van der Waals surface area contributed by atoms with Crippen molar-refractivity contribution in [2.75, 3.05) is 18.1 Å². The molecule has 166 valence electrons. The van der Waals surface area contributed by atoms with Gasteiger partial charge in [0.25, 0.3) is 5.97 Å². The predicted molar refractivity (Wildman–Crippen MR) is 105 cm³/mol. The highest BCUT2D eigenvalue weighted by Crippen LogP contribution is 2.36. The maximum absolute atomic E-state index is 13.0. The molecule has 1 aliphatic heterocycles. The Balaban J connectivity index is 0.000000785. The predicted octanol–water partition coefficient (Wildman–Crippen LogP) is 3.48. The van der Waals surface area contributed by atoms with Crippen LogP contribution in [0.5, 0.6) is 5.75 Å². The number of alkyl halides is 3. The summed E-state index contributed by atoms with van der Waals surface area (Å²) in [5.41, 5.74) is 5.47. The first-order chi connectivity index (χ1) is 14.5. The number of nitrogen functional groups attached to an aromatic ring is 1. The summed E-state index contributed by atoms with van der Waals surface area (Å²) in [6, 6.07) is 11.3. The molecule has 8 nitrogen and oxygen atoms in total. The Bertz CT molecular complexity index is 961. The van der Waals surface area contributed by atoms with Gasteiger partial charge in [0.2, 0.25) is 0 Å². The number of nitrogens with one attached hydrogen (secondary N) is 1. The number of carbonyl (C=O) groups excluding carboxylic acids is 1. The number of amidine groups is 1. The number of para-hydroxylation sites is 1. The lowest BCUT2D eigenvalue weighted by atomic mass is 10.1. The van der Waals surface area contributed by atoms with Crippen molar-refractivity contribution in [2.45, 2.75) is 19.2 Å². The number of halogens is 3. The Morgan fingerprint density at radius 1 is 1.29 bits per heavy atom. The quantitative estimate of drug-likeness (QED) is 0.484. The summed E-state index contributed by atoms with van der Waals surface area (Å²) in [4.78, 5) is 22.4. The zero-order valence-electron chi connectivity index (χ0n) is 16.3. The van der Waals surface area contributed by atoms with Crippen LogP contribution < -0.4 is 15.4 Å². The van der Waals surface area contributed by atoms with E-state index in [0.29, 0.717) is 11.3 Å².